The number of carbonyl (C=O) groups excluding carboxylic acids is 1. The summed E-state index contributed by atoms with van der Waals surface area (Å²) < 4.78 is 2.29. The molecule has 1 aromatic heterocycles. The quantitative estimate of drug-likeness (QED) is 0.899. The highest BCUT2D eigenvalue weighted by atomic mass is 16.1. The molecule has 2 aromatic rings. The van der Waals surface area contributed by atoms with Crippen molar-refractivity contribution < 1.29 is 4.79 Å². The third kappa shape index (κ3) is 1.95. The molecule has 0 spiro atoms. The molecule has 1 aliphatic rings. The summed E-state index contributed by atoms with van der Waals surface area (Å²) in [5, 5.41) is 0. The summed E-state index contributed by atoms with van der Waals surface area (Å²) >= 11 is 0. The second-order valence-corrected chi connectivity index (χ2v) is 5.12. The minimum Gasteiger partial charge on any atom is -0.366 e. The van der Waals surface area contributed by atoms with Crippen molar-refractivity contribution in [2.75, 3.05) is 0 Å². The third-order valence-corrected chi connectivity index (χ3v) is 3.84. The van der Waals surface area contributed by atoms with Gasteiger partial charge in [-0.2, -0.15) is 0 Å². The van der Waals surface area contributed by atoms with Gasteiger partial charge in [0, 0.05) is 23.9 Å². The second kappa shape index (κ2) is 4.57. The summed E-state index contributed by atoms with van der Waals surface area (Å²) in [6, 6.07) is 8.02. The summed E-state index contributed by atoms with van der Waals surface area (Å²) in [5.74, 6) is -0.358. The molecular weight excluding hydrogens is 236 g/mol. The molecule has 1 aromatic carbocycles. The average Bonchev–Trinajstić information content (AvgIpc) is 2.82. The molecule has 0 unspecified atom stereocenters. The number of hydrogen-bond acceptors (Lipinski definition) is 1. The number of aromatic nitrogens is 1. The van der Waals surface area contributed by atoms with E-state index in [1.54, 1.807) is 0 Å². The van der Waals surface area contributed by atoms with Crippen LogP contribution in [0.15, 0.2) is 30.5 Å². The second-order valence-electron chi connectivity index (χ2n) is 5.12. The van der Waals surface area contributed by atoms with Crippen molar-refractivity contribution in [2.24, 2.45) is 5.73 Å². The molecule has 98 valence electrons. The number of hydrogen-bond donors (Lipinski definition) is 1. The number of amides is 1. The number of carbonyl (C=O) groups is 1. The van der Waals surface area contributed by atoms with Gasteiger partial charge in [0.15, 0.2) is 0 Å². The largest absolute Gasteiger partial charge is 0.366 e. The molecule has 3 nitrogen and oxygen atoms in total. The van der Waals surface area contributed by atoms with E-state index in [9.17, 15) is 4.79 Å². The summed E-state index contributed by atoms with van der Waals surface area (Å²) in [4.78, 5) is 11.4. The summed E-state index contributed by atoms with van der Waals surface area (Å²) in [6.45, 7) is 3.20. The minimum absolute atomic E-state index is 0.358. The van der Waals surface area contributed by atoms with Crippen LogP contribution in [-0.2, 0) is 19.4 Å². The standard InChI is InChI=1S/C16H18N2O/c1-2-3-12-7-9-18-8-6-11-4-5-13(16(17)19)10-14(11)15(12)18/h4-5,7,9-10H,2-3,6,8H2,1H3,(H2,17,19). The number of aryl methyl sites for hydroxylation is 3. The van der Waals surface area contributed by atoms with Gasteiger partial charge < -0.3 is 10.3 Å². The predicted molar refractivity (Wildman–Crippen MR) is 76.1 cm³/mol. The first-order valence-corrected chi connectivity index (χ1v) is 6.82. The van der Waals surface area contributed by atoms with Crippen molar-refractivity contribution >= 4 is 5.91 Å². The Morgan fingerprint density at radius 2 is 2.21 bits per heavy atom. The summed E-state index contributed by atoms with van der Waals surface area (Å²) in [6.07, 6.45) is 5.37. The van der Waals surface area contributed by atoms with Crippen molar-refractivity contribution in [1.29, 1.82) is 0 Å². The SMILES string of the molecule is CCCc1ccn2c1-c1cc(C(N)=O)ccc1CC2. The number of benzene rings is 1. The Bertz CT molecular complexity index is 640. The van der Waals surface area contributed by atoms with E-state index in [1.165, 1.54) is 22.4 Å². The lowest BCUT2D eigenvalue weighted by Crippen LogP contribution is -2.14. The molecule has 3 heteroatoms. The van der Waals surface area contributed by atoms with E-state index in [-0.39, 0.29) is 5.91 Å². The molecule has 0 atom stereocenters. The van der Waals surface area contributed by atoms with Gasteiger partial charge in [0.05, 0.1) is 5.69 Å². The van der Waals surface area contributed by atoms with Crippen LogP contribution in [0.1, 0.15) is 34.8 Å². The number of rotatable bonds is 3. The minimum atomic E-state index is -0.358. The highest BCUT2D eigenvalue weighted by molar-refractivity contribution is 5.94. The average molecular weight is 254 g/mol. The van der Waals surface area contributed by atoms with Crippen molar-refractivity contribution in [2.45, 2.75) is 32.7 Å². The molecule has 0 radical (unpaired) electrons. The first kappa shape index (κ1) is 12.0. The van der Waals surface area contributed by atoms with Crippen LogP contribution in [-0.4, -0.2) is 10.5 Å². The number of nitrogens with two attached hydrogens (primary N) is 1. The Morgan fingerprint density at radius 1 is 1.37 bits per heavy atom. The van der Waals surface area contributed by atoms with Crippen molar-refractivity contribution in [3.8, 4) is 11.3 Å². The van der Waals surface area contributed by atoms with E-state index in [0.29, 0.717) is 5.56 Å². The topological polar surface area (TPSA) is 48.0 Å². The fraction of sp³-hybridized carbons (Fsp3) is 0.312. The predicted octanol–water partition coefficient (Wildman–Crippen LogP) is 2.76. The van der Waals surface area contributed by atoms with E-state index in [0.717, 1.165) is 25.8 Å². The molecule has 0 fully saturated rings. The van der Waals surface area contributed by atoms with Crippen LogP contribution in [0.4, 0.5) is 0 Å². The Hall–Kier alpha value is -2.03. The zero-order valence-corrected chi connectivity index (χ0v) is 11.1. The van der Waals surface area contributed by atoms with E-state index >= 15 is 0 Å². The molecular formula is C16H18N2O. The number of primary amides is 1. The van der Waals surface area contributed by atoms with Gasteiger partial charge in [-0.3, -0.25) is 4.79 Å². The molecule has 19 heavy (non-hydrogen) atoms. The Kier molecular flexibility index (Phi) is 2.90. The number of fused-ring (bicyclic) bond motifs is 3. The van der Waals surface area contributed by atoms with Gasteiger partial charge in [-0.15, -0.1) is 0 Å². The van der Waals surface area contributed by atoms with Crippen molar-refractivity contribution in [1.82, 2.24) is 4.57 Å². The molecule has 0 aliphatic carbocycles. The lowest BCUT2D eigenvalue weighted by Gasteiger charge is -2.21. The normalized spacial score (nSPS) is 12.9. The summed E-state index contributed by atoms with van der Waals surface area (Å²) in [5.41, 5.74) is 11.1. The molecule has 0 saturated carbocycles. The van der Waals surface area contributed by atoms with Gasteiger partial charge in [-0.25, -0.2) is 0 Å². The van der Waals surface area contributed by atoms with Crippen LogP contribution in [0.3, 0.4) is 0 Å². The zero-order valence-electron chi connectivity index (χ0n) is 11.1. The Morgan fingerprint density at radius 3 is 2.95 bits per heavy atom. The highest BCUT2D eigenvalue weighted by Gasteiger charge is 2.20. The fourth-order valence-electron chi connectivity index (χ4n) is 2.91. The van der Waals surface area contributed by atoms with E-state index < -0.39 is 0 Å². The molecule has 0 bridgehead atoms. The van der Waals surface area contributed by atoms with Gasteiger partial charge in [0.2, 0.25) is 5.91 Å². The molecule has 2 N–H and O–H groups in total. The van der Waals surface area contributed by atoms with Gasteiger partial charge in [-0.1, -0.05) is 19.4 Å². The van der Waals surface area contributed by atoms with Gasteiger partial charge in [0.25, 0.3) is 0 Å². The van der Waals surface area contributed by atoms with E-state index in [1.807, 2.05) is 18.2 Å². The first-order valence-electron chi connectivity index (χ1n) is 6.82. The summed E-state index contributed by atoms with van der Waals surface area (Å²) in [7, 11) is 0. The smallest absolute Gasteiger partial charge is 0.248 e. The van der Waals surface area contributed by atoms with Crippen LogP contribution in [0, 0.1) is 0 Å². The van der Waals surface area contributed by atoms with E-state index in [2.05, 4.69) is 23.8 Å². The molecule has 1 aliphatic heterocycles. The highest BCUT2D eigenvalue weighted by Crippen LogP contribution is 2.34. The van der Waals surface area contributed by atoms with Gasteiger partial charge in [-0.05, 0) is 42.2 Å². The number of nitrogens with zero attached hydrogens (tertiary/aromatic N) is 1. The van der Waals surface area contributed by atoms with Crippen LogP contribution in [0.25, 0.3) is 11.3 Å². The van der Waals surface area contributed by atoms with Crippen LogP contribution < -0.4 is 5.73 Å². The van der Waals surface area contributed by atoms with Crippen LogP contribution in [0.5, 0.6) is 0 Å². The third-order valence-electron chi connectivity index (χ3n) is 3.84. The van der Waals surface area contributed by atoms with Crippen LogP contribution in [0.2, 0.25) is 0 Å². The monoisotopic (exact) mass is 254 g/mol. The lowest BCUT2D eigenvalue weighted by atomic mass is 9.93. The maximum atomic E-state index is 11.4. The van der Waals surface area contributed by atoms with E-state index in [4.69, 9.17) is 5.73 Å². The fourth-order valence-corrected chi connectivity index (χ4v) is 2.91. The molecule has 2 heterocycles. The van der Waals surface area contributed by atoms with Gasteiger partial charge >= 0.3 is 0 Å². The lowest BCUT2D eigenvalue weighted by molar-refractivity contribution is 0.100. The van der Waals surface area contributed by atoms with Gasteiger partial charge in [0.1, 0.15) is 0 Å². The Labute approximate surface area is 113 Å². The zero-order chi connectivity index (χ0) is 13.4. The Balaban J connectivity index is 2.17. The maximum Gasteiger partial charge on any atom is 0.248 e. The van der Waals surface area contributed by atoms with Crippen molar-refractivity contribution in [3.63, 3.8) is 0 Å². The van der Waals surface area contributed by atoms with Crippen LogP contribution >= 0.6 is 0 Å². The maximum absolute atomic E-state index is 11.4. The van der Waals surface area contributed by atoms with Crippen molar-refractivity contribution in [3.05, 3.63) is 47.2 Å². The first-order chi connectivity index (χ1) is 9.20. The molecule has 1 amide bonds. The molecule has 3 rings (SSSR count). The molecule has 0 saturated heterocycles.